The second-order valence-corrected chi connectivity index (χ2v) is 5.63. The van der Waals surface area contributed by atoms with Gasteiger partial charge in [-0.2, -0.15) is 4.80 Å². The number of amides is 1. The van der Waals surface area contributed by atoms with Gasteiger partial charge in [-0.3, -0.25) is 4.79 Å². The second-order valence-electron chi connectivity index (χ2n) is 5.63. The van der Waals surface area contributed by atoms with E-state index in [0.29, 0.717) is 22.9 Å². The molecule has 1 N–H and O–H groups in total. The van der Waals surface area contributed by atoms with E-state index < -0.39 is 0 Å². The van der Waals surface area contributed by atoms with E-state index in [2.05, 4.69) is 20.7 Å². The minimum Gasteiger partial charge on any atom is -0.493 e. The van der Waals surface area contributed by atoms with Gasteiger partial charge in [0.25, 0.3) is 0 Å². The van der Waals surface area contributed by atoms with Gasteiger partial charge < -0.3 is 14.8 Å². The van der Waals surface area contributed by atoms with Crippen molar-refractivity contribution >= 4 is 11.6 Å². The Kier molecular flexibility index (Phi) is 5.12. The molecule has 8 nitrogen and oxygen atoms in total. The number of carbonyl (C=O) groups is 1. The number of nitrogens with zero attached hydrogens (tertiary/aromatic N) is 4. The number of anilines is 1. The summed E-state index contributed by atoms with van der Waals surface area (Å²) < 4.78 is 10.5. The van der Waals surface area contributed by atoms with Crippen LogP contribution in [-0.2, 0) is 11.3 Å². The van der Waals surface area contributed by atoms with Crippen molar-refractivity contribution in [3.05, 3.63) is 48.0 Å². The van der Waals surface area contributed by atoms with Gasteiger partial charge in [-0.15, -0.1) is 10.2 Å². The smallest absolute Gasteiger partial charge is 0.248 e. The van der Waals surface area contributed by atoms with E-state index >= 15 is 0 Å². The van der Waals surface area contributed by atoms with Crippen LogP contribution in [0.25, 0.3) is 11.4 Å². The SMILES string of the molecule is COc1ccc(-c2nnn(CC(=O)Nc3ccc(C)cc3)n2)cc1OC. The summed E-state index contributed by atoms with van der Waals surface area (Å²) in [5.41, 5.74) is 2.56. The van der Waals surface area contributed by atoms with Crippen LogP contribution >= 0.6 is 0 Å². The molecule has 1 heterocycles. The molecule has 0 aliphatic rings. The molecular weight excluding hydrogens is 334 g/mol. The molecule has 2 aromatic carbocycles. The van der Waals surface area contributed by atoms with Crippen LogP contribution in [-0.4, -0.2) is 40.3 Å². The molecule has 26 heavy (non-hydrogen) atoms. The maximum Gasteiger partial charge on any atom is 0.248 e. The Morgan fingerprint density at radius 3 is 2.50 bits per heavy atom. The number of ether oxygens (including phenoxy) is 2. The first-order valence-electron chi connectivity index (χ1n) is 7.96. The monoisotopic (exact) mass is 353 g/mol. The summed E-state index contributed by atoms with van der Waals surface area (Å²) in [5.74, 6) is 1.35. The van der Waals surface area contributed by atoms with Gasteiger partial charge in [-0.1, -0.05) is 17.7 Å². The molecule has 0 aliphatic heterocycles. The van der Waals surface area contributed by atoms with Gasteiger partial charge in [0.2, 0.25) is 11.7 Å². The first kappa shape index (κ1) is 17.4. The summed E-state index contributed by atoms with van der Waals surface area (Å²) in [6.07, 6.45) is 0. The van der Waals surface area contributed by atoms with E-state index in [1.807, 2.05) is 31.2 Å². The summed E-state index contributed by atoms with van der Waals surface area (Å²) in [7, 11) is 3.13. The molecular formula is C18H19N5O3. The van der Waals surface area contributed by atoms with Crippen LogP contribution in [0.1, 0.15) is 5.56 Å². The van der Waals surface area contributed by atoms with Gasteiger partial charge in [0.1, 0.15) is 6.54 Å². The number of nitrogens with one attached hydrogen (secondary N) is 1. The van der Waals surface area contributed by atoms with Crippen molar-refractivity contribution in [2.75, 3.05) is 19.5 Å². The molecule has 3 aromatic rings. The molecule has 3 rings (SSSR count). The molecule has 1 amide bonds. The zero-order chi connectivity index (χ0) is 18.5. The Morgan fingerprint density at radius 1 is 1.08 bits per heavy atom. The van der Waals surface area contributed by atoms with Gasteiger partial charge in [-0.05, 0) is 42.5 Å². The third-order valence-electron chi connectivity index (χ3n) is 3.71. The lowest BCUT2D eigenvalue weighted by Gasteiger charge is -2.07. The van der Waals surface area contributed by atoms with Crippen LogP contribution in [0.5, 0.6) is 11.5 Å². The number of rotatable bonds is 6. The predicted molar refractivity (Wildman–Crippen MR) is 96.2 cm³/mol. The maximum absolute atomic E-state index is 12.1. The zero-order valence-corrected chi connectivity index (χ0v) is 14.8. The molecule has 0 saturated carbocycles. The Morgan fingerprint density at radius 2 is 1.81 bits per heavy atom. The van der Waals surface area contributed by atoms with Crippen molar-refractivity contribution in [1.29, 1.82) is 0 Å². The fourth-order valence-corrected chi connectivity index (χ4v) is 2.37. The number of aromatic nitrogens is 4. The summed E-state index contributed by atoms with van der Waals surface area (Å²) in [6.45, 7) is 1.95. The van der Waals surface area contributed by atoms with Crippen molar-refractivity contribution in [2.45, 2.75) is 13.5 Å². The van der Waals surface area contributed by atoms with Crippen LogP contribution in [0.2, 0.25) is 0 Å². The minimum atomic E-state index is -0.231. The second kappa shape index (κ2) is 7.64. The van der Waals surface area contributed by atoms with Crippen LogP contribution in [0.3, 0.4) is 0 Å². The molecule has 134 valence electrons. The molecule has 0 radical (unpaired) electrons. The third-order valence-corrected chi connectivity index (χ3v) is 3.71. The summed E-state index contributed by atoms with van der Waals surface area (Å²) >= 11 is 0. The minimum absolute atomic E-state index is 0.0336. The Bertz CT molecular complexity index is 905. The Labute approximate surface area is 150 Å². The fourth-order valence-electron chi connectivity index (χ4n) is 2.37. The average molecular weight is 353 g/mol. The average Bonchev–Trinajstić information content (AvgIpc) is 3.11. The standard InChI is InChI=1S/C18H19N5O3/c1-12-4-7-14(8-5-12)19-17(24)11-23-21-18(20-22-23)13-6-9-15(25-2)16(10-13)26-3/h4-10H,11H2,1-3H3,(H,19,24). The number of hydrogen-bond donors (Lipinski definition) is 1. The predicted octanol–water partition coefficient (Wildman–Crippen LogP) is 2.30. The Hall–Kier alpha value is -3.42. The first-order chi connectivity index (χ1) is 12.6. The van der Waals surface area contributed by atoms with Crippen molar-refractivity contribution in [2.24, 2.45) is 0 Å². The van der Waals surface area contributed by atoms with E-state index in [9.17, 15) is 4.79 Å². The highest BCUT2D eigenvalue weighted by atomic mass is 16.5. The largest absolute Gasteiger partial charge is 0.493 e. The zero-order valence-electron chi connectivity index (χ0n) is 14.8. The van der Waals surface area contributed by atoms with Crippen molar-refractivity contribution < 1.29 is 14.3 Å². The quantitative estimate of drug-likeness (QED) is 0.731. The number of aryl methyl sites for hydroxylation is 1. The molecule has 0 unspecified atom stereocenters. The maximum atomic E-state index is 12.1. The van der Waals surface area contributed by atoms with Crippen molar-refractivity contribution in [3.8, 4) is 22.9 Å². The normalized spacial score (nSPS) is 10.4. The molecule has 8 heteroatoms. The number of tetrazole rings is 1. The molecule has 0 bridgehead atoms. The van der Waals surface area contributed by atoms with E-state index in [1.54, 1.807) is 32.4 Å². The molecule has 0 aliphatic carbocycles. The summed E-state index contributed by atoms with van der Waals surface area (Å²) in [5, 5.41) is 15.0. The number of hydrogen-bond acceptors (Lipinski definition) is 6. The number of methoxy groups -OCH3 is 2. The topological polar surface area (TPSA) is 91.2 Å². The Balaban J connectivity index is 1.69. The lowest BCUT2D eigenvalue weighted by atomic mass is 10.2. The molecule has 0 saturated heterocycles. The first-order valence-corrected chi connectivity index (χ1v) is 7.96. The van der Waals surface area contributed by atoms with E-state index in [-0.39, 0.29) is 12.5 Å². The van der Waals surface area contributed by atoms with Crippen LogP contribution < -0.4 is 14.8 Å². The van der Waals surface area contributed by atoms with Crippen molar-refractivity contribution in [3.63, 3.8) is 0 Å². The van der Waals surface area contributed by atoms with E-state index in [4.69, 9.17) is 9.47 Å². The van der Waals surface area contributed by atoms with Gasteiger partial charge in [-0.25, -0.2) is 0 Å². The highest BCUT2D eigenvalue weighted by molar-refractivity contribution is 5.90. The number of carbonyl (C=O) groups excluding carboxylic acids is 1. The van der Waals surface area contributed by atoms with Crippen molar-refractivity contribution in [1.82, 2.24) is 20.2 Å². The van der Waals surface area contributed by atoms with E-state index in [0.717, 1.165) is 11.3 Å². The van der Waals surface area contributed by atoms with E-state index in [1.165, 1.54) is 4.80 Å². The highest BCUT2D eigenvalue weighted by Crippen LogP contribution is 2.30. The van der Waals surface area contributed by atoms with Crippen LogP contribution in [0.15, 0.2) is 42.5 Å². The highest BCUT2D eigenvalue weighted by Gasteiger charge is 2.12. The fraction of sp³-hybridized carbons (Fsp3) is 0.222. The van der Waals surface area contributed by atoms with Gasteiger partial charge >= 0.3 is 0 Å². The summed E-state index contributed by atoms with van der Waals surface area (Å²) in [6, 6.07) is 12.9. The van der Waals surface area contributed by atoms with Crippen LogP contribution in [0.4, 0.5) is 5.69 Å². The molecule has 0 fully saturated rings. The van der Waals surface area contributed by atoms with Gasteiger partial charge in [0.15, 0.2) is 11.5 Å². The molecule has 0 spiro atoms. The summed E-state index contributed by atoms with van der Waals surface area (Å²) in [4.78, 5) is 13.4. The lowest BCUT2D eigenvalue weighted by Crippen LogP contribution is -2.20. The molecule has 1 aromatic heterocycles. The van der Waals surface area contributed by atoms with Crippen LogP contribution in [0, 0.1) is 6.92 Å². The van der Waals surface area contributed by atoms with Gasteiger partial charge in [0.05, 0.1) is 14.2 Å². The van der Waals surface area contributed by atoms with Gasteiger partial charge in [0, 0.05) is 11.3 Å². The molecule has 0 atom stereocenters. The lowest BCUT2D eigenvalue weighted by molar-refractivity contribution is -0.117. The number of benzene rings is 2. The third kappa shape index (κ3) is 3.97.